The highest BCUT2D eigenvalue weighted by atomic mass is 31.2. The molecule has 18 nitrogen and oxygen atoms in total. The predicted octanol–water partition coefficient (Wildman–Crippen LogP) is 7.56. The van der Waals surface area contributed by atoms with Gasteiger partial charge in [0.2, 0.25) is 0 Å². The second kappa shape index (κ2) is 39.0. The Morgan fingerprint density at radius 1 is 0.536 bits per heavy atom. The summed E-state index contributed by atoms with van der Waals surface area (Å²) in [6.45, 7) is 2.72. The second-order valence-corrected chi connectivity index (χ2v) is 19.7. The standard InChI is InChI=1S/C49H84O18P2/c1-3-5-7-9-11-13-15-17-18-19-20-21-23-25-27-29-31-35-42(52)63-37-39(38-64-69(61,62)67-49-46(56)44(54)45(55)48(47(49)57)66-68(58,59)60)65-43(53)36-32-34-41(51)40(50)33-30-28-26-24-22-16-14-12-10-8-6-4-2/h6,8,11-14,17-18,22,24,28,30,39-41,44-51,54-57H,3-5,7,9-10,15-16,19-21,23,25-27,29,31-38H2,1-2H3,(H,61,62)(H2,58,59,60)/b8-6-,13-11-,14-12-,18-17-,24-22-,30-28-/t39-,40-,41-,44?,45?,46?,47?,48-,49+/m1/s1. The second-order valence-electron chi connectivity index (χ2n) is 17.1. The molecule has 20 heteroatoms. The number of allylic oxidation sites excluding steroid dienone is 11. The minimum Gasteiger partial charge on any atom is -0.462 e. The van der Waals surface area contributed by atoms with E-state index in [1.165, 1.54) is 19.3 Å². The molecule has 0 amide bonds. The van der Waals surface area contributed by atoms with Gasteiger partial charge in [-0.1, -0.05) is 132 Å². The first-order chi connectivity index (χ1) is 32.9. The maximum absolute atomic E-state index is 13.0. The zero-order valence-corrected chi connectivity index (χ0v) is 42.5. The number of esters is 2. The highest BCUT2D eigenvalue weighted by Crippen LogP contribution is 2.49. The summed E-state index contributed by atoms with van der Waals surface area (Å²) in [6, 6.07) is 0. The normalized spacial score (nSPS) is 22.7. The fraction of sp³-hybridized carbons (Fsp3) is 0.714. The molecule has 0 aliphatic heterocycles. The Morgan fingerprint density at radius 3 is 1.59 bits per heavy atom. The Balaban J connectivity index is 2.69. The van der Waals surface area contributed by atoms with E-state index >= 15 is 0 Å². The van der Waals surface area contributed by atoms with Gasteiger partial charge in [-0.3, -0.25) is 23.2 Å². The maximum Gasteiger partial charge on any atom is 0.472 e. The van der Waals surface area contributed by atoms with Gasteiger partial charge in [0.1, 0.15) is 43.2 Å². The molecule has 69 heavy (non-hydrogen) atoms. The molecule has 1 saturated carbocycles. The van der Waals surface area contributed by atoms with Crippen LogP contribution in [-0.2, 0) is 41.8 Å². The molecule has 0 aromatic rings. The minimum absolute atomic E-state index is 0.0215. The van der Waals surface area contributed by atoms with Gasteiger partial charge in [-0.05, 0) is 83.5 Å². The van der Waals surface area contributed by atoms with E-state index < -0.39 is 95.7 Å². The van der Waals surface area contributed by atoms with Crippen molar-refractivity contribution in [3.63, 3.8) is 0 Å². The first-order valence-electron chi connectivity index (χ1n) is 24.6. The summed E-state index contributed by atoms with van der Waals surface area (Å²) in [5, 5.41) is 62.2. The molecule has 0 saturated heterocycles. The van der Waals surface area contributed by atoms with E-state index in [0.29, 0.717) is 12.8 Å². The van der Waals surface area contributed by atoms with Crippen molar-refractivity contribution in [1.82, 2.24) is 0 Å². The highest BCUT2D eigenvalue weighted by Gasteiger charge is 2.54. The lowest BCUT2D eigenvalue weighted by molar-refractivity contribution is -0.216. The summed E-state index contributed by atoms with van der Waals surface area (Å²) in [5.74, 6) is -1.51. The number of ether oxygens (including phenoxy) is 2. The molecule has 0 aromatic heterocycles. The van der Waals surface area contributed by atoms with Gasteiger partial charge in [0, 0.05) is 12.8 Å². The summed E-state index contributed by atoms with van der Waals surface area (Å²) in [4.78, 5) is 54.4. The third-order valence-corrected chi connectivity index (χ3v) is 12.5. The number of hydrogen-bond donors (Lipinski definition) is 9. The number of phosphoric ester groups is 2. The maximum atomic E-state index is 13.0. The average molecular weight is 1020 g/mol. The summed E-state index contributed by atoms with van der Waals surface area (Å²) in [7, 11) is -10.8. The van der Waals surface area contributed by atoms with E-state index in [1.54, 1.807) is 6.08 Å². The molecule has 0 heterocycles. The first kappa shape index (κ1) is 64.4. The summed E-state index contributed by atoms with van der Waals surface area (Å²) < 4.78 is 49.2. The highest BCUT2D eigenvalue weighted by molar-refractivity contribution is 7.47. The van der Waals surface area contributed by atoms with Gasteiger partial charge in [0.15, 0.2) is 6.10 Å². The zero-order valence-electron chi connectivity index (χ0n) is 40.7. The molecule has 0 bridgehead atoms. The van der Waals surface area contributed by atoms with Crippen LogP contribution in [0.15, 0.2) is 72.9 Å². The lowest BCUT2D eigenvalue weighted by atomic mass is 9.85. The fourth-order valence-electron chi connectivity index (χ4n) is 7.02. The quantitative estimate of drug-likeness (QED) is 0.0124. The number of aliphatic hydroxyl groups is 6. The van der Waals surface area contributed by atoms with Crippen molar-refractivity contribution in [2.45, 2.75) is 210 Å². The molecule has 10 atom stereocenters. The van der Waals surface area contributed by atoms with E-state index in [1.807, 2.05) is 18.2 Å². The van der Waals surface area contributed by atoms with Crippen LogP contribution in [0.1, 0.15) is 155 Å². The Bertz CT molecular complexity index is 1640. The Labute approximate surface area is 409 Å². The van der Waals surface area contributed by atoms with Gasteiger partial charge >= 0.3 is 27.6 Å². The molecular formula is C49H84O18P2. The van der Waals surface area contributed by atoms with Crippen LogP contribution < -0.4 is 0 Å². The van der Waals surface area contributed by atoms with Crippen LogP contribution in [0, 0.1) is 0 Å². The van der Waals surface area contributed by atoms with Crippen LogP contribution in [0.25, 0.3) is 0 Å². The Kier molecular flexibility index (Phi) is 36.3. The number of rotatable bonds is 40. The SMILES string of the molecule is CC/C=C\C/C=C\C/C=C\C/C=C\C[C@@H](O)[C@H](O)CCCC(=O)O[C@H](COC(=O)CCCCCCCCC/C=C\C/C=C\CCCCC)COP(=O)(O)O[C@H]1C(O)C(O)C(O)[C@@H](OP(=O)(O)O)C1O. The third-order valence-electron chi connectivity index (χ3n) is 11.0. The largest absolute Gasteiger partial charge is 0.472 e. The molecule has 1 fully saturated rings. The monoisotopic (exact) mass is 1020 g/mol. The van der Waals surface area contributed by atoms with Crippen molar-refractivity contribution in [3.8, 4) is 0 Å². The van der Waals surface area contributed by atoms with Crippen LogP contribution in [0.4, 0.5) is 0 Å². The van der Waals surface area contributed by atoms with Crippen molar-refractivity contribution in [2.75, 3.05) is 13.2 Å². The minimum atomic E-state index is -5.40. The van der Waals surface area contributed by atoms with Gasteiger partial charge in [-0.15, -0.1) is 0 Å². The molecule has 1 rings (SSSR count). The Hall–Kier alpha value is -2.64. The van der Waals surface area contributed by atoms with E-state index in [2.05, 4.69) is 67.0 Å². The van der Waals surface area contributed by atoms with E-state index in [4.69, 9.17) is 18.5 Å². The number of hydrogen-bond acceptors (Lipinski definition) is 15. The predicted molar refractivity (Wildman–Crippen MR) is 262 cm³/mol. The number of phosphoric acid groups is 2. The van der Waals surface area contributed by atoms with E-state index in [0.717, 1.165) is 77.0 Å². The average Bonchev–Trinajstić information content (AvgIpc) is 3.30. The van der Waals surface area contributed by atoms with Gasteiger partial charge in [-0.2, -0.15) is 0 Å². The molecule has 5 unspecified atom stereocenters. The topological polar surface area (TPSA) is 296 Å². The van der Waals surface area contributed by atoms with Crippen molar-refractivity contribution in [1.29, 1.82) is 0 Å². The van der Waals surface area contributed by atoms with Crippen LogP contribution in [0.3, 0.4) is 0 Å². The summed E-state index contributed by atoms with van der Waals surface area (Å²) in [6.07, 6.45) is 24.3. The van der Waals surface area contributed by atoms with Crippen LogP contribution in [0.5, 0.6) is 0 Å². The van der Waals surface area contributed by atoms with E-state index in [9.17, 15) is 64.0 Å². The molecule has 1 aliphatic carbocycles. The van der Waals surface area contributed by atoms with Crippen molar-refractivity contribution in [2.24, 2.45) is 0 Å². The zero-order chi connectivity index (χ0) is 51.3. The first-order valence-corrected chi connectivity index (χ1v) is 27.7. The molecule has 398 valence electrons. The summed E-state index contributed by atoms with van der Waals surface area (Å²) >= 11 is 0. The van der Waals surface area contributed by atoms with Gasteiger partial charge in [0.05, 0.1) is 18.8 Å². The lowest BCUT2D eigenvalue weighted by Crippen LogP contribution is -2.64. The molecule has 0 spiro atoms. The lowest BCUT2D eigenvalue weighted by Gasteiger charge is -2.43. The summed E-state index contributed by atoms with van der Waals surface area (Å²) in [5.41, 5.74) is 0. The fourth-order valence-corrected chi connectivity index (χ4v) is 8.56. The molecule has 0 radical (unpaired) electrons. The molecule has 1 aliphatic rings. The van der Waals surface area contributed by atoms with Crippen molar-refractivity contribution >= 4 is 27.6 Å². The molecule has 9 N–H and O–H groups in total. The van der Waals surface area contributed by atoms with Gasteiger partial charge < -0.3 is 54.8 Å². The molecule has 0 aromatic carbocycles. The number of aliphatic hydroxyl groups excluding tert-OH is 6. The number of unbranched alkanes of at least 4 members (excludes halogenated alkanes) is 10. The van der Waals surface area contributed by atoms with Gasteiger partial charge in [0.25, 0.3) is 0 Å². The molecular weight excluding hydrogens is 938 g/mol. The van der Waals surface area contributed by atoms with Gasteiger partial charge in [-0.25, -0.2) is 9.13 Å². The third kappa shape index (κ3) is 32.9. The number of carbonyl (C=O) groups is 2. The van der Waals surface area contributed by atoms with Crippen LogP contribution in [0.2, 0.25) is 0 Å². The van der Waals surface area contributed by atoms with Crippen molar-refractivity contribution in [3.05, 3.63) is 72.9 Å². The number of carbonyl (C=O) groups excluding carboxylic acids is 2. The van der Waals surface area contributed by atoms with Crippen LogP contribution in [-0.4, -0.2) is 125 Å². The Morgan fingerprint density at radius 2 is 1.03 bits per heavy atom. The smallest absolute Gasteiger partial charge is 0.462 e. The van der Waals surface area contributed by atoms with Crippen molar-refractivity contribution < 1.29 is 87.1 Å². The van der Waals surface area contributed by atoms with E-state index in [-0.39, 0.29) is 32.1 Å². The van der Waals surface area contributed by atoms with Crippen LogP contribution >= 0.6 is 15.6 Å².